The monoisotopic (exact) mass is 347 g/mol. The first-order valence-corrected chi connectivity index (χ1v) is 7.83. The molecule has 0 aliphatic carbocycles. The number of ether oxygens (including phenoxy) is 2. The molecule has 3 rings (SSSR count). The van der Waals surface area contributed by atoms with Crippen LogP contribution in [0.15, 0.2) is 54.7 Å². The third-order valence-electron chi connectivity index (χ3n) is 4.07. The number of hydrogen-bond acceptors (Lipinski definition) is 5. The van der Waals surface area contributed by atoms with Crippen LogP contribution >= 0.6 is 0 Å². The summed E-state index contributed by atoms with van der Waals surface area (Å²) in [6.45, 7) is 0. The number of nitrogen functional groups attached to an aromatic ring is 1. The molecule has 0 spiro atoms. The molecule has 0 radical (unpaired) electrons. The summed E-state index contributed by atoms with van der Waals surface area (Å²) in [4.78, 5) is 12.1. The Bertz CT molecular complexity index is 1020. The lowest BCUT2D eigenvalue weighted by molar-refractivity contribution is 0.0593. The predicted molar refractivity (Wildman–Crippen MR) is 98.2 cm³/mol. The van der Waals surface area contributed by atoms with Crippen molar-refractivity contribution in [1.29, 1.82) is 5.26 Å². The van der Waals surface area contributed by atoms with E-state index in [0.717, 1.165) is 16.9 Å². The summed E-state index contributed by atoms with van der Waals surface area (Å²) in [5, 5.41) is 9.24. The molecule has 0 bridgehead atoms. The second kappa shape index (κ2) is 7.03. The Morgan fingerprint density at radius 1 is 1.12 bits per heavy atom. The molecule has 0 atom stereocenters. The van der Waals surface area contributed by atoms with Gasteiger partial charge in [-0.1, -0.05) is 24.3 Å². The smallest absolute Gasteiger partial charge is 0.357 e. The SMILES string of the molecule is COC(=O)c1c(N)c(C#N)cn1-c1cccc(-c2cccc(OC)c2)c1. The lowest BCUT2D eigenvalue weighted by Crippen LogP contribution is -2.11. The van der Waals surface area contributed by atoms with Gasteiger partial charge in [0.1, 0.15) is 11.8 Å². The van der Waals surface area contributed by atoms with Gasteiger partial charge in [0.15, 0.2) is 5.69 Å². The number of methoxy groups -OCH3 is 2. The zero-order chi connectivity index (χ0) is 18.7. The van der Waals surface area contributed by atoms with Crippen LogP contribution in [0, 0.1) is 11.3 Å². The number of anilines is 1. The highest BCUT2D eigenvalue weighted by atomic mass is 16.5. The van der Waals surface area contributed by atoms with Crippen molar-refractivity contribution >= 4 is 11.7 Å². The zero-order valence-corrected chi connectivity index (χ0v) is 14.4. The van der Waals surface area contributed by atoms with Crippen LogP contribution in [0.2, 0.25) is 0 Å². The number of nitrogens with zero attached hydrogens (tertiary/aromatic N) is 2. The van der Waals surface area contributed by atoms with Crippen LogP contribution in [0.3, 0.4) is 0 Å². The fraction of sp³-hybridized carbons (Fsp3) is 0.100. The van der Waals surface area contributed by atoms with Crippen molar-refractivity contribution in [3.05, 3.63) is 66.0 Å². The maximum absolute atomic E-state index is 12.1. The molecule has 6 heteroatoms. The Labute approximate surface area is 151 Å². The molecule has 0 aliphatic rings. The van der Waals surface area contributed by atoms with Crippen molar-refractivity contribution in [3.8, 4) is 28.6 Å². The maximum atomic E-state index is 12.1. The fourth-order valence-corrected chi connectivity index (χ4v) is 2.76. The molecule has 0 saturated carbocycles. The number of esters is 1. The normalized spacial score (nSPS) is 10.2. The Balaban J connectivity index is 2.14. The number of hydrogen-bond donors (Lipinski definition) is 1. The quantitative estimate of drug-likeness (QED) is 0.731. The molecule has 2 N–H and O–H groups in total. The number of nitrogens with two attached hydrogens (primary N) is 1. The van der Waals surface area contributed by atoms with E-state index in [1.807, 2.05) is 54.6 Å². The molecule has 130 valence electrons. The molecule has 3 aromatic rings. The van der Waals surface area contributed by atoms with Gasteiger partial charge in [-0.3, -0.25) is 0 Å². The summed E-state index contributed by atoms with van der Waals surface area (Å²) in [7, 11) is 2.89. The van der Waals surface area contributed by atoms with Crippen LogP contribution in [0.1, 0.15) is 16.1 Å². The number of benzene rings is 2. The first-order chi connectivity index (χ1) is 12.6. The summed E-state index contributed by atoms with van der Waals surface area (Å²) < 4.78 is 11.7. The molecular formula is C20H17N3O3. The van der Waals surface area contributed by atoms with E-state index in [1.165, 1.54) is 13.3 Å². The highest BCUT2D eigenvalue weighted by Crippen LogP contribution is 2.29. The van der Waals surface area contributed by atoms with Crippen molar-refractivity contribution in [3.63, 3.8) is 0 Å². The molecule has 1 aromatic heterocycles. The van der Waals surface area contributed by atoms with E-state index in [1.54, 1.807) is 11.7 Å². The zero-order valence-electron chi connectivity index (χ0n) is 14.4. The lowest BCUT2D eigenvalue weighted by Gasteiger charge is -2.11. The minimum Gasteiger partial charge on any atom is -0.497 e. The average Bonchev–Trinajstić information content (AvgIpc) is 3.04. The fourth-order valence-electron chi connectivity index (χ4n) is 2.76. The second-order valence-electron chi connectivity index (χ2n) is 5.56. The van der Waals surface area contributed by atoms with Gasteiger partial charge in [0.05, 0.1) is 25.5 Å². The second-order valence-corrected chi connectivity index (χ2v) is 5.56. The molecule has 0 amide bonds. The Hall–Kier alpha value is -3.72. The number of aromatic nitrogens is 1. The minimum atomic E-state index is -0.601. The van der Waals surface area contributed by atoms with E-state index in [4.69, 9.17) is 15.2 Å². The number of carbonyl (C=O) groups excluding carboxylic acids is 1. The van der Waals surface area contributed by atoms with Crippen molar-refractivity contribution < 1.29 is 14.3 Å². The van der Waals surface area contributed by atoms with Gasteiger partial charge in [0.2, 0.25) is 0 Å². The number of carbonyl (C=O) groups is 1. The summed E-state index contributed by atoms with van der Waals surface area (Å²) in [6, 6.07) is 17.2. The van der Waals surface area contributed by atoms with Crippen molar-refractivity contribution in [2.75, 3.05) is 20.0 Å². The summed E-state index contributed by atoms with van der Waals surface area (Å²) in [5.41, 5.74) is 9.00. The maximum Gasteiger partial charge on any atom is 0.357 e. The van der Waals surface area contributed by atoms with E-state index < -0.39 is 5.97 Å². The molecule has 0 fully saturated rings. The van der Waals surface area contributed by atoms with Crippen molar-refractivity contribution in [2.24, 2.45) is 0 Å². The standard InChI is InChI=1S/C20H17N3O3/c1-25-17-8-4-6-14(10-17)13-5-3-7-16(9-13)23-12-15(11-21)18(22)19(23)20(24)26-2/h3-10,12H,22H2,1-2H3. The third kappa shape index (κ3) is 2.98. The molecule has 1 heterocycles. The van der Waals surface area contributed by atoms with E-state index in [0.29, 0.717) is 5.69 Å². The summed E-state index contributed by atoms with van der Waals surface area (Å²) >= 11 is 0. The van der Waals surface area contributed by atoms with Crippen LogP contribution in [0.25, 0.3) is 16.8 Å². The van der Waals surface area contributed by atoms with Crippen LogP contribution in [0.4, 0.5) is 5.69 Å². The molecule has 0 unspecified atom stereocenters. The highest BCUT2D eigenvalue weighted by Gasteiger charge is 2.21. The first-order valence-electron chi connectivity index (χ1n) is 7.83. The topological polar surface area (TPSA) is 90.3 Å². The Kier molecular flexibility index (Phi) is 4.63. The van der Waals surface area contributed by atoms with Gasteiger partial charge in [-0.25, -0.2) is 4.79 Å². The molecule has 0 saturated heterocycles. The number of nitriles is 1. The molecule has 26 heavy (non-hydrogen) atoms. The molecule has 6 nitrogen and oxygen atoms in total. The van der Waals surface area contributed by atoms with Gasteiger partial charge < -0.3 is 19.8 Å². The molecule has 2 aromatic carbocycles. The van der Waals surface area contributed by atoms with Gasteiger partial charge >= 0.3 is 5.97 Å². The van der Waals surface area contributed by atoms with E-state index in [2.05, 4.69) is 0 Å². The van der Waals surface area contributed by atoms with Crippen LogP contribution < -0.4 is 10.5 Å². The van der Waals surface area contributed by atoms with Crippen molar-refractivity contribution in [1.82, 2.24) is 4.57 Å². The van der Waals surface area contributed by atoms with Gasteiger partial charge in [0.25, 0.3) is 0 Å². The third-order valence-corrected chi connectivity index (χ3v) is 4.07. The van der Waals surface area contributed by atoms with Crippen molar-refractivity contribution in [2.45, 2.75) is 0 Å². The first kappa shape index (κ1) is 17.1. The van der Waals surface area contributed by atoms with Crippen LogP contribution in [-0.4, -0.2) is 24.8 Å². The van der Waals surface area contributed by atoms with Gasteiger partial charge in [-0.2, -0.15) is 5.26 Å². The summed E-state index contributed by atoms with van der Waals surface area (Å²) in [6.07, 6.45) is 1.53. The van der Waals surface area contributed by atoms with Gasteiger partial charge in [-0.05, 0) is 35.4 Å². The lowest BCUT2D eigenvalue weighted by atomic mass is 10.0. The molecule has 0 aliphatic heterocycles. The average molecular weight is 347 g/mol. The van der Waals surface area contributed by atoms with Gasteiger partial charge in [-0.15, -0.1) is 0 Å². The highest BCUT2D eigenvalue weighted by molar-refractivity contribution is 5.96. The molecular weight excluding hydrogens is 330 g/mol. The van der Waals surface area contributed by atoms with E-state index in [-0.39, 0.29) is 16.9 Å². The van der Waals surface area contributed by atoms with E-state index >= 15 is 0 Å². The Morgan fingerprint density at radius 3 is 2.46 bits per heavy atom. The summed E-state index contributed by atoms with van der Waals surface area (Å²) in [5.74, 6) is 0.149. The number of rotatable bonds is 4. The predicted octanol–water partition coefficient (Wildman–Crippen LogP) is 3.39. The Morgan fingerprint density at radius 2 is 1.81 bits per heavy atom. The van der Waals surface area contributed by atoms with Gasteiger partial charge in [0, 0.05) is 11.9 Å². The van der Waals surface area contributed by atoms with E-state index in [9.17, 15) is 10.1 Å². The largest absolute Gasteiger partial charge is 0.497 e. The van der Waals surface area contributed by atoms with Crippen LogP contribution in [0.5, 0.6) is 5.75 Å². The van der Waals surface area contributed by atoms with Crippen LogP contribution in [-0.2, 0) is 4.74 Å². The minimum absolute atomic E-state index is 0.103.